The standard InChI is InChI=1S/C20H25ClN2O3/c21-16-8-6-7-15(13-16)18(24)23-17(19(25)22-11-4-5-12-22)14-26-20(23)9-2-1-3-10-20/h6-8,13,17H,1-5,9-12,14H2. The van der Waals surface area contributed by atoms with Gasteiger partial charge in [0.05, 0.1) is 6.61 Å². The summed E-state index contributed by atoms with van der Waals surface area (Å²) < 4.78 is 6.18. The van der Waals surface area contributed by atoms with E-state index in [4.69, 9.17) is 16.3 Å². The van der Waals surface area contributed by atoms with Gasteiger partial charge in [-0.2, -0.15) is 0 Å². The third-order valence-electron chi connectivity index (χ3n) is 5.89. The predicted molar refractivity (Wildman–Crippen MR) is 99.0 cm³/mol. The molecule has 1 aromatic carbocycles. The number of hydrogen-bond donors (Lipinski definition) is 0. The number of benzene rings is 1. The van der Waals surface area contributed by atoms with Crippen LogP contribution in [0.3, 0.4) is 0 Å². The van der Waals surface area contributed by atoms with E-state index < -0.39 is 11.8 Å². The van der Waals surface area contributed by atoms with E-state index in [1.165, 1.54) is 0 Å². The normalized spacial score (nSPS) is 25.0. The molecular weight excluding hydrogens is 352 g/mol. The summed E-state index contributed by atoms with van der Waals surface area (Å²) in [5, 5.41) is 0.524. The fourth-order valence-corrected chi connectivity index (χ4v) is 4.76. The summed E-state index contributed by atoms with van der Waals surface area (Å²) in [5.74, 6) is -0.121. The smallest absolute Gasteiger partial charge is 0.256 e. The minimum Gasteiger partial charge on any atom is -0.353 e. The monoisotopic (exact) mass is 376 g/mol. The second kappa shape index (κ2) is 7.20. The van der Waals surface area contributed by atoms with Crippen LogP contribution in [0, 0.1) is 0 Å². The minimum atomic E-state index is -0.641. The van der Waals surface area contributed by atoms with Gasteiger partial charge in [0, 0.05) is 23.7 Å². The van der Waals surface area contributed by atoms with Gasteiger partial charge < -0.3 is 9.64 Å². The number of likely N-dealkylation sites (tertiary alicyclic amines) is 1. The van der Waals surface area contributed by atoms with Crippen LogP contribution in [-0.2, 0) is 9.53 Å². The van der Waals surface area contributed by atoms with Crippen molar-refractivity contribution in [2.75, 3.05) is 19.7 Å². The molecule has 6 heteroatoms. The van der Waals surface area contributed by atoms with Gasteiger partial charge in [0.2, 0.25) is 5.91 Å². The molecule has 1 aliphatic carbocycles. The summed E-state index contributed by atoms with van der Waals surface area (Å²) in [7, 11) is 0. The lowest BCUT2D eigenvalue weighted by Crippen LogP contribution is -2.56. The molecule has 140 valence electrons. The van der Waals surface area contributed by atoms with Crippen LogP contribution in [0.25, 0.3) is 0 Å². The van der Waals surface area contributed by atoms with Crippen LogP contribution in [0.2, 0.25) is 5.02 Å². The summed E-state index contributed by atoms with van der Waals surface area (Å²) >= 11 is 6.10. The molecule has 3 fully saturated rings. The summed E-state index contributed by atoms with van der Waals surface area (Å²) in [6, 6.07) is 6.44. The van der Waals surface area contributed by atoms with Crippen LogP contribution in [0.15, 0.2) is 24.3 Å². The predicted octanol–water partition coefficient (Wildman–Crippen LogP) is 3.46. The molecule has 0 aromatic heterocycles. The first kappa shape index (κ1) is 17.8. The number of carbonyl (C=O) groups is 2. The number of hydrogen-bond acceptors (Lipinski definition) is 3. The van der Waals surface area contributed by atoms with Gasteiger partial charge in [0.1, 0.15) is 11.8 Å². The summed E-state index contributed by atoms with van der Waals surface area (Å²) in [4.78, 5) is 30.2. The molecule has 3 aliphatic rings. The molecule has 2 amide bonds. The van der Waals surface area contributed by atoms with Crippen LogP contribution < -0.4 is 0 Å². The van der Waals surface area contributed by atoms with Gasteiger partial charge in [-0.3, -0.25) is 14.5 Å². The third-order valence-corrected chi connectivity index (χ3v) is 6.12. The van der Waals surface area contributed by atoms with Crippen LogP contribution in [0.5, 0.6) is 0 Å². The average Bonchev–Trinajstić information content (AvgIpc) is 3.30. The molecule has 5 nitrogen and oxygen atoms in total. The Morgan fingerprint density at radius 3 is 2.50 bits per heavy atom. The zero-order valence-corrected chi connectivity index (χ0v) is 15.7. The van der Waals surface area contributed by atoms with Gasteiger partial charge in [0.25, 0.3) is 5.91 Å². The number of amides is 2. The summed E-state index contributed by atoms with van der Waals surface area (Å²) in [6.07, 6.45) is 6.84. The molecule has 2 heterocycles. The summed E-state index contributed by atoms with van der Waals surface area (Å²) in [6.45, 7) is 1.85. The topological polar surface area (TPSA) is 49.9 Å². The van der Waals surface area contributed by atoms with Gasteiger partial charge in [-0.15, -0.1) is 0 Å². The van der Waals surface area contributed by atoms with Crippen LogP contribution in [0.1, 0.15) is 55.3 Å². The molecule has 1 unspecified atom stereocenters. The number of nitrogens with zero attached hydrogens (tertiary/aromatic N) is 2. The Morgan fingerprint density at radius 1 is 1.08 bits per heavy atom. The lowest BCUT2D eigenvalue weighted by Gasteiger charge is -2.42. The Kier molecular flexibility index (Phi) is 4.93. The Bertz CT molecular complexity index is 696. The van der Waals surface area contributed by atoms with E-state index in [1.807, 2.05) is 4.90 Å². The van der Waals surface area contributed by atoms with Crippen molar-refractivity contribution in [3.8, 4) is 0 Å². The lowest BCUT2D eigenvalue weighted by atomic mass is 9.89. The van der Waals surface area contributed by atoms with Crippen molar-refractivity contribution in [1.29, 1.82) is 0 Å². The Morgan fingerprint density at radius 2 is 1.81 bits per heavy atom. The van der Waals surface area contributed by atoms with Crippen molar-refractivity contribution in [2.24, 2.45) is 0 Å². The van der Waals surface area contributed by atoms with Crippen molar-refractivity contribution in [3.63, 3.8) is 0 Å². The van der Waals surface area contributed by atoms with Gasteiger partial charge in [-0.05, 0) is 56.7 Å². The molecule has 0 radical (unpaired) electrons. The first-order valence-electron chi connectivity index (χ1n) is 9.63. The second-order valence-electron chi connectivity index (χ2n) is 7.55. The van der Waals surface area contributed by atoms with Crippen molar-refractivity contribution in [1.82, 2.24) is 9.80 Å². The zero-order valence-electron chi connectivity index (χ0n) is 15.0. The minimum absolute atomic E-state index is 0.0281. The molecule has 4 rings (SSSR count). The first-order valence-corrected chi connectivity index (χ1v) is 10.0. The van der Waals surface area contributed by atoms with E-state index in [-0.39, 0.29) is 11.8 Å². The first-order chi connectivity index (χ1) is 12.6. The van der Waals surface area contributed by atoms with Crippen LogP contribution in [-0.4, -0.2) is 53.1 Å². The molecule has 1 aromatic rings. The molecule has 0 N–H and O–H groups in total. The SMILES string of the molecule is O=C(C1COC2(CCCCC2)N1C(=O)c1cccc(Cl)c1)N1CCCC1. The highest BCUT2D eigenvalue weighted by Crippen LogP contribution is 2.42. The highest BCUT2D eigenvalue weighted by Gasteiger charge is 2.53. The van der Waals surface area contributed by atoms with E-state index in [9.17, 15) is 9.59 Å². The highest BCUT2D eigenvalue weighted by atomic mass is 35.5. The molecule has 1 spiro atoms. The van der Waals surface area contributed by atoms with Crippen molar-refractivity contribution in [3.05, 3.63) is 34.9 Å². The van der Waals surface area contributed by atoms with Crippen LogP contribution >= 0.6 is 11.6 Å². The number of halogens is 1. The maximum absolute atomic E-state index is 13.4. The van der Waals surface area contributed by atoms with Crippen molar-refractivity contribution >= 4 is 23.4 Å². The lowest BCUT2D eigenvalue weighted by molar-refractivity contribution is -0.136. The van der Waals surface area contributed by atoms with E-state index in [2.05, 4.69) is 0 Å². The molecular formula is C20H25ClN2O3. The molecule has 0 bridgehead atoms. The number of rotatable bonds is 2. The number of carbonyl (C=O) groups excluding carboxylic acids is 2. The fraction of sp³-hybridized carbons (Fsp3) is 0.600. The van der Waals surface area contributed by atoms with E-state index in [0.717, 1.165) is 58.0 Å². The molecule has 1 saturated carbocycles. The van der Waals surface area contributed by atoms with Gasteiger partial charge in [0.15, 0.2) is 0 Å². The van der Waals surface area contributed by atoms with Gasteiger partial charge >= 0.3 is 0 Å². The second-order valence-corrected chi connectivity index (χ2v) is 7.99. The third kappa shape index (κ3) is 3.12. The maximum Gasteiger partial charge on any atom is 0.256 e. The van der Waals surface area contributed by atoms with Gasteiger partial charge in [-0.25, -0.2) is 0 Å². The molecule has 2 aliphatic heterocycles. The maximum atomic E-state index is 13.4. The molecule has 1 atom stereocenters. The van der Waals surface area contributed by atoms with Crippen LogP contribution in [0.4, 0.5) is 0 Å². The highest BCUT2D eigenvalue weighted by molar-refractivity contribution is 6.31. The molecule has 2 saturated heterocycles. The Hall–Kier alpha value is -1.59. The van der Waals surface area contributed by atoms with E-state index in [0.29, 0.717) is 17.2 Å². The van der Waals surface area contributed by atoms with E-state index in [1.54, 1.807) is 29.2 Å². The largest absolute Gasteiger partial charge is 0.353 e. The summed E-state index contributed by atoms with van der Waals surface area (Å²) in [5.41, 5.74) is -0.121. The Balaban J connectivity index is 1.67. The van der Waals surface area contributed by atoms with Crippen molar-refractivity contribution < 1.29 is 14.3 Å². The average molecular weight is 377 g/mol. The van der Waals surface area contributed by atoms with E-state index >= 15 is 0 Å². The fourth-order valence-electron chi connectivity index (χ4n) is 4.57. The quantitative estimate of drug-likeness (QED) is 0.794. The number of ether oxygens (including phenoxy) is 1. The Labute approximate surface area is 159 Å². The zero-order chi connectivity index (χ0) is 18.1. The van der Waals surface area contributed by atoms with Gasteiger partial charge in [-0.1, -0.05) is 24.1 Å². The molecule has 26 heavy (non-hydrogen) atoms. The van der Waals surface area contributed by atoms with Crippen molar-refractivity contribution in [2.45, 2.75) is 56.7 Å².